The van der Waals surface area contributed by atoms with Gasteiger partial charge in [0, 0.05) is 49.8 Å². The van der Waals surface area contributed by atoms with Crippen molar-refractivity contribution in [2.45, 2.75) is 61.4 Å². The van der Waals surface area contributed by atoms with E-state index in [-0.39, 0.29) is 13.2 Å². The van der Waals surface area contributed by atoms with Crippen LogP contribution in [0.2, 0.25) is 0 Å². The second-order valence-corrected chi connectivity index (χ2v) is 7.12. The van der Waals surface area contributed by atoms with E-state index >= 15 is 0 Å². The van der Waals surface area contributed by atoms with E-state index in [2.05, 4.69) is 0 Å². The molecule has 0 amide bonds. The molecule has 0 aromatic rings. The standard InChI is InChI=1S/C19H36O11/c1-21-8-10-12(23-3)14(25-5)16(18(20)28-10)30-19-17(27-7)15(26-6)13(24-4)11(29-19)9-22-2/h10-20H,8-9H2,1-7H3/t10-,11-,12-,13+,14+,15+,16-,17-,18+,19+/m1/s1. The molecule has 30 heavy (non-hydrogen) atoms. The monoisotopic (exact) mass is 440 g/mol. The number of rotatable bonds is 11. The summed E-state index contributed by atoms with van der Waals surface area (Å²) in [6.07, 6.45) is -6.92. The highest BCUT2D eigenvalue weighted by molar-refractivity contribution is 4.96. The van der Waals surface area contributed by atoms with Gasteiger partial charge >= 0.3 is 0 Å². The van der Waals surface area contributed by atoms with Crippen LogP contribution in [0.1, 0.15) is 0 Å². The fourth-order valence-electron chi connectivity index (χ4n) is 4.13. The molecule has 0 unspecified atom stereocenters. The third-order valence-corrected chi connectivity index (χ3v) is 5.51. The molecular weight excluding hydrogens is 404 g/mol. The van der Waals surface area contributed by atoms with Gasteiger partial charge in [0.15, 0.2) is 12.6 Å². The van der Waals surface area contributed by atoms with Crippen molar-refractivity contribution in [3.05, 3.63) is 0 Å². The van der Waals surface area contributed by atoms with Crippen molar-refractivity contribution in [1.82, 2.24) is 0 Å². The molecule has 10 atom stereocenters. The highest BCUT2D eigenvalue weighted by Crippen LogP contribution is 2.33. The Labute approximate surface area is 177 Å². The molecule has 11 nitrogen and oxygen atoms in total. The van der Waals surface area contributed by atoms with Gasteiger partial charge in [-0.05, 0) is 0 Å². The van der Waals surface area contributed by atoms with Gasteiger partial charge < -0.3 is 52.5 Å². The van der Waals surface area contributed by atoms with E-state index in [1.54, 1.807) is 28.4 Å². The Balaban J connectivity index is 2.25. The summed E-state index contributed by atoms with van der Waals surface area (Å²) in [4.78, 5) is 0. The summed E-state index contributed by atoms with van der Waals surface area (Å²) in [6.45, 7) is 0.475. The Kier molecular flexibility index (Phi) is 10.8. The number of hydrogen-bond donors (Lipinski definition) is 1. The van der Waals surface area contributed by atoms with Gasteiger partial charge in [-0.25, -0.2) is 0 Å². The first-order chi connectivity index (χ1) is 14.5. The van der Waals surface area contributed by atoms with Crippen molar-refractivity contribution in [2.75, 3.05) is 63.0 Å². The summed E-state index contributed by atoms with van der Waals surface area (Å²) < 4.78 is 56.3. The van der Waals surface area contributed by atoms with Gasteiger partial charge in [0.1, 0.15) is 48.8 Å². The first-order valence-electron chi connectivity index (χ1n) is 9.77. The molecule has 2 saturated heterocycles. The minimum atomic E-state index is -1.30. The summed E-state index contributed by atoms with van der Waals surface area (Å²) >= 11 is 0. The molecule has 0 aromatic carbocycles. The van der Waals surface area contributed by atoms with Crippen LogP contribution in [0.3, 0.4) is 0 Å². The third-order valence-electron chi connectivity index (χ3n) is 5.51. The third kappa shape index (κ3) is 5.48. The summed E-state index contributed by atoms with van der Waals surface area (Å²) in [5.41, 5.74) is 0. The average molecular weight is 440 g/mol. The minimum Gasteiger partial charge on any atom is -0.382 e. The quantitative estimate of drug-likeness (QED) is 0.435. The Morgan fingerprint density at radius 2 is 1.00 bits per heavy atom. The summed E-state index contributed by atoms with van der Waals surface area (Å²) in [5.74, 6) is 0. The van der Waals surface area contributed by atoms with Crippen LogP contribution in [-0.2, 0) is 47.4 Å². The predicted molar refractivity (Wildman–Crippen MR) is 102 cm³/mol. The van der Waals surface area contributed by atoms with Gasteiger partial charge in [0.25, 0.3) is 0 Å². The number of methoxy groups -OCH3 is 7. The Morgan fingerprint density at radius 1 is 0.567 bits per heavy atom. The summed E-state index contributed by atoms with van der Waals surface area (Å²) in [5, 5.41) is 10.6. The van der Waals surface area contributed by atoms with Crippen LogP contribution in [0, 0.1) is 0 Å². The fourth-order valence-corrected chi connectivity index (χ4v) is 4.13. The number of ether oxygens (including phenoxy) is 10. The molecule has 178 valence electrons. The van der Waals surface area contributed by atoms with E-state index in [9.17, 15) is 5.11 Å². The van der Waals surface area contributed by atoms with Crippen LogP contribution in [0.4, 0.5) is 0 Å². The molecule has 1 N–H and O–H groups in total. The van der Waals surface area contributed by atoms with Crippen molar-refractivity contribution in [3.63, 3.8) is 0 Å². The molecule has 0 radical (unpaired) electrons. The van der Waals surface area contributed by atoms with Crippen molar-refractivity contribution >= 4 is 0 Å². The minimum absolute atomic E-state index is 0.222. The van der Waals surface area contributed by atoms with Crippen LogP contribution >= 0.6 is 0 Å². The maximum atomic E-state index is 10.6. The molecule has 2 fully saturated rings. The topological polar surface area (TPSA) is 113 Å². The van der Waals surface area contributed by atoms with Crippen molar-refractivity contribution in [2.24, 2.45) is 0 Å². The number of aliphatic hydroxyl groups is 1. The van der Waals surface area contributed by atoms with E-state index in [1.165, 1.54) is 21.3 Å². The SMILES string of the molecule is COC[C@H]1O[C@@H](O[C@@H]2[C@@H](OC)[C@H](OC)[C@@H](COC)O[C@@H]2O)[C@H](OC)[C@@H](OC)[C@H]1OC. The zero-order valence-corrected chi connectivity index (χ0v) is 18.7. The summed E-state index contributed by atoms with van der Waals surface area (Å²) in [7, 11) is 10.8. The Morgan fingerprint density at radius 3 is 1.43 bits per heavy atom. The molecule has 0 aliphatic carbocycles. The van der Waals surface area contributed by atoms with Gasteiger partial charge in [-0.2, -0.15) is 0 Å². The van der Waals surface area contributed by atoms with Gasteiger partial charge in [-0.1, -0.05) is 0 Å². The van der Waals surface area contributed by atoms with Crippen LogP contribution in [-0.4, -0.2) is 130 Å². The zero-order valence-electron chi connectivity index (χ0n) is 18.7. The Bertz CT molecular complexity index is 481. The number of hydrogen-bond acceptors (Lipinski definition) is 11. The van der Waals surface area contributed by atoms with Crippen LogP contribution in [0.5, 0.6) is 0 Å². The van der Waals surface area contributed by atoms with Crippen molar-refractivity contribution in [1.29, 1.82) is 0 Å². The van der Waals surface area contributed by atoms with Gasteiger partial charge in [0.2, 0.25) is 0 Å². The second-order valence-electron chi connectivity index (χ2n) is 7.12. The predicted octanol–water partition coefficient (Wildman–Crippen LogP) is -0.818. The van der Waals surface area contributed by atoms with E-state index < -0.39 is 61.4 Å². The molecule has 2 aliphatic rings. The largest absolute Gasteiger partial charge is 0.382 e. The second kappa shape index (κ2) is 12.6. The van der Waals surface area contributed by atoms with Gasteiger partial charge in [-0.15, -0.1) is 0 Å². The van der Waals surface area contributed by atoms with Gasteiger partial charge in [0.05, 0.1) is 13.2 Å². The lowest BCUT2D eigenvalue weighted by molar-refractivity contribution is -0.369. The Hall–Kier alpha value is -0.440. The number of aliphatic hydroxyl groups excluding tert-OH is 1. The van der Waals surface area contributed by atoms with Crippen LogP contribution in [0.25, 0.3) is 0 Å². The first-order valence-corrected chi connectivity index (χ1v) is 9.77. The maximum absolute atomic E-state index is 10.6. The lowest BCUT2D eigenvalue weighted by atomic mass is 9.96. The maximum Gasteiger partial charge on any atom is 0.187 e. The lowest BCUT2D eigenvalue weighted by Gasteiger charge is -2.48. The molecule has 0 spiro atoms. The molecule has 11 heteroatoms. The van der Waals surface area contributed by atoms with Crippen LogP contribution in [0.15, 0.2) is 0 Å². The molecule has 2 aliphatic heterocycles. The van der Waals surface area contributed by atoms with E-state index in [4.69, 9.17) is 47.4 Å². The van der Waals surface area contributed by atoms with E-state index in [0.29, 0.717) is 0 Å². The highest BCUT2D eigenvalue weighted by Gasteiger charge is 2.52. The normalized spacial score (nSPS) is 42.4. The molecule has 0 bridgehead atoms. The van der Waals surface area contributed by atoms with Crippen molar-refractivity contribution in [3.8, 4) is 0 Å². The van der Waals surface area contributed by atoms with E-state index in [1.807, 2.05) is 0 Å². The van der Waals surface area contributed by atoms with Gasteiger partial charge in [-0.3, -0.25) is 0 Å². The fraction of sp³-hybridized carbons (Fsp3) is 1.00. The van der Waals surface area contributed by atoms with E-state index in [0.717, 1.165) is 0 Å². The first kappa shape index (κ1) is 25.8. The van der Waals surface area contributed by atoms with Crippen LogP contribution < -0.4 is 0 Å². The molecule has 2 heterocycles. The zero-order chi connectivity index (χ0) is 22.3. The highest BCUT2D eigenvalue weighted by atomic mass is 16.8. The summed E-state index contributed by atoms with van der Waals surface area (Å²) in [6, 6.07) is 0. The molecular formula is C19H36O11. The molecule has 0 aromatic heterocycles. The molecule has 2 rings (SSSR count). The smallest absolute Gasteiger partial charge is 0.187 e. The lowest BCUT2D eigenvalue weighted by Crippen LogP contribution is -2.65. The molecule has 0 saturated carbocycles. The van der Waals surface area contributed by atoms with Crippen molar-refractivity contribution < 1.29 is 52.5 Å². The average Bonchev–Trinajstić information content (AvgIpc) is 2.74.